The van der Waals surface area contributed by atoms with Gasteiger partial charge < -0.3 is 4.79 Å². The Hall–Kier alpha value is -0.440. The van der Waals surface area contributed by atoms with Gasteiger partial charge in [-0.25, -0.2) is 4.39 Å². The summed E-state index contributed by atoms with van der Waals surface area (Å²) in [6, 6.07) is 0. The van der Waals surface area contributed by atoms with Crippen molar-refractivity contribution in [3.05, 3.63) is 0 Å². The Labute approximate surface area is 60.0 Å². The van der Waals surface area contributed by atoms with Crippen LogP contribution in [0.25, 0.3) is 0 Å². The first-order valence-corrected chi connectivity index (χ1v) is 3.49. The van der Waals surface area contributed by atoms with Crippen LogP contribution in [0.1, 0.15) is 13.3 Å². The first-order valence-electron chi connectivity index (χ1n) is 3.49. The minimum Gasteiger partial charge on any atom is -0.302 e. The Balaban J connectivity index is 2.35. The Morgan fingerprint density at radius 3 is 2.90 bits per heavy atom. The molecule has 0 aromatic carbocycles. The SMILES string of the molecule is CC1(F)CCN(CC=O)C1. The van der Waals surface area contributed by atoms with Crippen LogP contribution < -0.4 is 0 Å². The van der Waals surface area contributed by atoms with Crippen molar-refractivity contribution < 1.29 is 9.18 Å². The summed E-state index contributed by atoms with van der Waals surface area (Å²) in [6.45, 7) is 3.08. The molecule has 0 bridgehead atoms. The fraction of sp³-hybridized carbons (Fsp3) is 0.857. The van der Waals surface area contributed by atoms with Gasteiger partial charge in [0.1, 0.15) is 12.0 Å². The van der Waals surface area contributed by atoms with Crippen molar-refractivity contribution >= 4 is 6.29 Å². The topological polar surface area (TPSA) is 20.3 Å². The summed E-state index contributed by atoms with van der Waals surface area (Å²) >= 11 is 0. The molecular formula is C7H12FNO. The van der Waals surface area contributed by atoms with E-state index in [1.807, 2.05) is 4.90 Å². The monoisotopic (exact) mass is 145 g/mol. The lowest BCUT2D eigenvalue weighted by atomic mass is 10.1. The molecule has 0 aromatic rings. The zero-order chi connectivity index (χ0) is 7.61. The van der Waals surface area contributed by atoms with Gasteiger partial charge in [-0.2, -0.15) is 0 Å². The van der Waals surface area contributed by atoms with Crippen molar-refractivity contribution in [3.63, 3.8) is 0 Å². The second-order valence-corrected chi connectivity index (χ2v) is 3.07. The van der Waals surface area contributed by atoms with Crippen LogP contribution in [0.2, 0.25) is 0 Å². The van der Waals surface area contributed by atoms with Gasteiger partial charge in [-0.15, -0.1) is 0 Å². The van der Waals surface area contributed by atoms with Gasteiger partial charge in [-0.1, -0.05) is 0 Å². The molecule has 0 radical (unpaired) electrons. The molecule has 0 saturated carbocycles. The van der Waals surface area contributed by atoms with Crippen molar-refractivity contribution in [1.82, 2.24) is 4.90 Å². The zero-order valence-electron chi connectivity index (χ0n) is 6.14. The first kappa shape index (κ1) is 7.66. The normalized spacial score (nSPS) is 34.6. The van der Waals surface area contributed by atoms with Gasteiger partial charge in [0, 0.05) is 13.1 Å². The second kappa shape index (κ2) is 2.66. The lowest BCUT2D eigenvalue weighted by Crippen LogP contribution is -2.27. The zero-order valence-corrected chi connectivity index (χ0v) is 6.14. The molecule has 0 amide bonds. The maximum Gasteiger partial charge on any atom is 0.133 e. The Morgan fingerprint density at radius 2 is 2.50 bits per heavy atom. The molecule has 1 atom stereocenters. The van der Waals surface area contributed by atoms with E-state index < -0.39 is 5.67 Å². The molecule has 3 heteroatoms. The largest absolute Gasteiger partial charge is 0.302 e. The summed E-state index contributed by atoms with van der Waals surface area (Å²) in [5, 5.41) is 0. The van der Waals surface area contributed by atoms with E-state index in [-0.39, 0.29) is 0 Å². The van der Waals surface area contributed by atoms with E-state index in [2.05, 4.69) is 0 Å². The second-order valence-electron chi connectivity index (χ2n) is 3.07. The van der Waals surface area contributed by atoms with E-state index in [0.717, 1.165) is 6.29 Å². The van der Waals surface area contributed by atoms with E-state index in [1.54, 1.807) is 6.92 Å². The molecule has 2 nitrogen and oxygen atoms in total. The molecule has 0 spiro atoms. The highest BCUT2D eigenvalue weighted by Gasteiger charge is 2.32. The van der Waals surface area contributed by atoms with Gasteiger partial charge in [0.2, 0.25) is 0 Å². The number of carbonyl (C=O) groups is 1. The fourth-order valence-corrected chi connectivity index (χ4v) is 1.28. The Bertz CT molecular complexity index is 136. The van der Waals surface area contributed by atoms with Crippen LogP contribution in [-0.2, 0) is 4.79 Å². The number of halogens is 1. The number of aldehydes is 1. The molecule has 1 rings (SSSR count). The highest BCUT2D eigenvalue weighted by Crippen LogP contribution is 2.23. The third-order valence-electron chi connectivity index (χ3n) is 1.84. The maximum atomic E-state index is 13.0. The molecule has 10 heavy (non-hydrogen) atoms. The molecule has 0 aromatic heterocycles. The van der Waals surface area contributed by atoms with E-state index in [4.69, 9.17) is 0 Å². The number of hydrogen-bond acceptors (Lipinski definition) is 2. The van der Waals surface area contributed by atoms with E-state index >= 15 is 0 Å². The van der Waals surface area contributed by atoms with Gasteiger partial charge in [-0.3, -0.25) is 4.90 Å². The van der Waals surface area contributed by atoms with Gasteiger partial charge >= 0.3 is 0 Å². The Morgan fingerprint density at radius 1 is 1.80 bits per heavy atom. The summed E-state index contributed by atoms with van der Waals surface area (Å²) in [4.78, 5) is 11.8. The molecule has 1 heterocycles. The van der Waals surface area contributed by atoms with Crippen LogP contribution in [-0.4, -0.2) is 36.5 Å². The lowest BCUT2D eigenvalue weighted by molar-refractivity contribution is -0.108. The van der Waals surface area contributed by atoms with Gasteiger partial charge in [0.25, 0.3) is 0 Å². The smallest absolute Gasteiger partial charge is 0.133 e. The van der Waals surface area contributed by atoms with Crippen LogP contribution in [0.15, 0.2) is 0 Å². The third kappa shape index (κ3) is 1.77. The van der Waals surface area contributed by atoms with Crippen LogP contribution in [0.5, 0.6) is 0 Å². The molecule has 1 aliphatic heterocycles. The highest BCUT2D eigenvalue weighted by molar-refractivity contribution is 5.52. The molecule has 1 aliphatic rings. The molecule has 58 valence electrons. The average molecular weight is 145 g/mol. The minimum atomic E-state index is -1.07. The minimum absolute atomic E-state index is 0.375. The molecule has 1 unspecified atom stereocenters. The molecular weight excluding hydrogens is 133 g/mol. The summed E-state index contributed by atoms with van der Waals surface area (Å²) in [6.07, 6.45) is 1.38. The van der Waals surface area contributed by atoms with Crippen LogP contribution >= 0.6 is 0 Å². The summed E-state index contributed by atoms with van der Waals surface area (Å²) in [7, 11) is 0. The predicted molar refractivity (Wildman–Crippen MR) is 36.6 cm³/mol. The summed E-state index contributed by atoms with van der Waals surface area (Å²) in [5.41, 5.74) is -1.07. The molecule has 1 fully saturated rings. The number of likely N-dealkylation sites (tertiary alicyclic amines) is 1. The van der Waals surface area contributed by atoms with Crippen LogP contribution in [0.4, 0.5) is 4.39 Å². The van der Waals surface area contributed by atoms with Crippen molar-refractivity contribution in [3.8, 4) is 0 Å². The fourth-order valence-electron chi connectivity index (χ4n) is 1.28. The van der Waals surface area contributed by atoms with Crippen molar-refractivity contribution in [1.29, 1.82) is 0 Å². The number of hydrogen-bond donors (Lipinski definition) is 0. The molecule has 1 saturated heterocycles. The van der Waals surface area contributed by atoms with E-state index in [0.29, 0.717) is 26.1 Å². The lowest BCUT2D eigenvalue weighted by Gasteiger charge is -2.13. The summed E-state index contributed by atoms with van der Waals surface area (Å²) in [5.74, 6) is 0. The third-order valence-corrected chi connectivity index (χ3v) is 1.84. The maximum absolute atomic E-state index is 13.0. The van der Waals surface area contributed by atoms with Crippen molar-refractivity contribution in [2.75, 3.05) is 19.6 Å². The van der Waals surface area contributed by atoms with E-state index in [9.17, 15) is 9.18 Å². The quantitative estimate of drug-likeness (QED) is 0.531. The van der Waals surface area contributed by atoms with Crippen molar-refractivity contribution in [2.24, 2.45) is 0 Å². The average Bonchev–Trinajstić information content (AvgIpc) is 2.12. The standard InChI is InChI=1S/C7H12FNO/c1-7(8)2-3-9(6-7)4-5-10/h5H,2-4,6H2,1H3. The molecule has 0 N–H and O–H groups in total. The predicted octanol–water partition coefficient (Wildman–Crippen LogP) is 0.619. The van der Waals surface area contributed by atoms with Crippen LogP contribution in [0, 0.1) is 0 Å². The first-order chi connectivity index (χ1) is 4.64. The highest BCUT2D eigenvalue weighted by atomic mass is 19.1. The molecule has 0 aliphatic carbocycles. The number of rotatable bonds is 2. The summed E-state index contributed by atoms with van der Waals surface area (Å²) < 4.78 is 13.0. The number of carbonyl (C=O) groups excluding carboxylic acids is 1. The van der Waals surface area contributed by atoms with Crippen molar-refractivity contribution in [2.45, 2.75) is 19.0 Å². The van der Waals surface area contributed by atoms with Gasteiger partial charge in [0.15, 0.2) is 0 Å². The number of alkyl halides is 1. The van der Waals surface area contributed by atoms with Gasteiger partial charge in [0.05, 0.1) is 6.54 Å². The van der Waals surface area contributed by atoms with Gasteiger partial charge in [-0.05, 0) is 13.3 Å². The van der Waals surface area contributed by atoms with E-state index in [1.165, 1.54) is 0 Å². The van der Waals surface area contributed by atoms with Crippen LogP contribution in [0.3, 0.4) is 0 Å². The Kier molecular flexibility index (Phi) is 2.04. The number of nitrogens with zero attached hydrogens (tertiary/aromatic N) is 1.